The Labute approximate surface area is 119 Å². The van der Waals surface area contributed by atoms with Crippen LogP contribution >= 0.6 is 0 Å². The van der Waals surface area contributed by atoms with Gasteiger partial charge in [-0.3, -0.25) is 0 Å². The second-order valence-electron chi connectivity index (χ2n) is 6.64. The Bertz CT molecular complexity index is 352. The second-order valence-corrected chi connectivity index (χ2v) is 8.99. The minimum atomic E-state index is -3.19. The van der Waals surface area contributed by atoms with Gasteiger partial charge >= 0.3 is 0 Å². The van der Waals surface area contributed by atoms with Crippen LogP contribution in [0.5, 0.6) is 0 Å². The molecule has 1 saturated carbocycles. The molecule has 0 radical (unpaired) electrons. The lowest BCUT2D eigenvalue weighted by Crippen LogP contribution is -2.45. The van der Waals surface area contributed by atoms with Crippen molar-refractivity contribution in [2.75, 3.05) is 19.6 Å². The molecule has 0 saturated heterocycles. The van der Waals surface area contributed by atoms with Gasteiger partial charge in [0.25, 0.3) is 0 Å². The molecular weight excluding hydrogens is 260 g/mol. The average molecular weight is 290 g/mol. The third kappa shape index (κ3) is 5.79. The molecule has 1 aliphatic carbocycles. The number of hydrogen-bond acceptors (Lipinski definition) is 3. The van der Waals surface area contributed by atoms with Gasteiger partial charge in [-0.05, 0) is 31.6 Å². The van der Waals surface area contributed by atoms with Crippen LogP contribution in [0.4, 0.5) is 0 Å². The Balaban J connectivity index is 2.65. The monoisotopic (exact) mass is 290 g/mol. The van der Waals surface area contributed by atoms with Crippen molar-refractivity contribution in [2.24, 2.45) is 11.8 Å². The van der Waals surface area contributed by atoms with E-state index in [0.29, 0.717) is 37.5 Å². The Morgan fingerprint density at radius 2 is 1.53 bits per heavy atom. The molecule has 114 valence electrons. The van der Waals surface area contributed by atoms with E-state index in [1.165, 1.54) is 12.8 Å². The smallest absolute Gasteiger partial charge is 0.217 e. The van der Waals surface area contributed by atoms with E-state index in [-0.39, 0.29) is 5.25 Å². The van der Waals surface area contributed by atoms with Crippen LogP contribution in [0.1, 0.15) is 47.5 Å². The van der Waals surface area contributed by atoms with E-state index in [1.54, 1.807) is 4.31 Å². The van der Waals surface area contributed by atoms with Crippen molar-refractivity contribution in [3.8, 4) is 0 Å². The summed E-state index contributed by atoms with van der Waals surface area (Å²) in [5.74, 6) is 0.717. The van der Waals surface area contributed by atoms with Crippen LogP contribution in [0.25, 0.3) is 0 Å². The van der Waals surface area contributed by atoms with Crippen LogP contribution in [0.15, 0.2) is 0 Å². The molecule has 5 heteroatoms. The summed E-state index contributed by atoms with van der Waals surface area (Å²) in [6.45, 7) is 11.9. The van der Waals surface area contributed by atoms with Crippen molar-refractivity contribution < 1.29 is 8.42 Å². The first-order chi connectivity index (χ1) is 8.73. The zero-order chi connectivity index (χ0) is 14.6. The Hall–Kier alpha value is -0.130. The van der Waals surface area contributed by atoms with E-state index >= 15 is 0 Å². The minimum Gasteiger partial charge on any atom is -0.313 e. The summed E-state index contributed by atoms with van der Waals surface area (Å²) < 4.78 is 26.9. The van der Waals surface area contributed by atoms with Crippen LogP contribution in [-0.4, -0.2) is 43.6 Å². The highest BCUT2D eigenvalue weighted by molar-refractivity contribution is 7.89. The van der Waals surface area contributed by atoms with Gasteiger partial charge in [0.2, 0.25) is 10.0 Å². The molecule has 1 N–H and O–H groups in total. The average Bonchev–Trinajstić information content (AvgIpc) is 3.07. The molecule has 1 fully saturated rings. The molecule has 1 unspecified atom stereocenters. The fraction of sp³-hybridized carbons (Fsp3) is 1.00. The van der Waals surface area contributed by atoms with Gasteiger partial charge in [0.05, 0.1) is 5.25 Å². The normalized spacial score (nSPS) is 18.5. The maximum absolute atomic E-state index is 12.6. The second kappa shape index (κ2) is 7.04. The van der Waals surface area contributed by atoms with Crippen LogP contribution < -0.4 is 5.32 Å². The first kappa shape index (κ1) is 16.9. The van der Waals surface area contributed by atoms with Gasteiger partial charge in [0.15, 0.2) is 0 Å². The summed E-state index contributed by atoms with van der Waals surface area (Å²) in [6.07, 6.45) is 2.38. The Morgan fingerprint density at radius 3 is 1.89 bits per heavy atom. The maximum Gasteiger partial charge on any atom is 0.217 e. The Kier molecular flexibility index (Phi) is 6.27. The topological polar surface area (TPSA) is 49.4 Å². The number of sulfonamides is 1. The van der Waals surface area contributed by atoms with E-state index in [2.05, 4.69) is 33.0 Å². The summed E-state index contributed by atoms with van der Waals surface area (Å²) in [5.41, 5.74) is 0. The molecule has 1 aliphatic rings. The van der Waals surface area contributed by atoms with Crippen LogP contribution in [0.2, 0.25) is 0 Å². The lowest BCUT2D eigenvalue weighted by molar-refractivity contribution is 0.329. The zero-order valence-corrected chi connectivity index (χ0v) is 13.8. The highest BCUT2D eigenvalue weighted by Crippen LogP contribution is 2.20. The van der Waals surface area contributed by atoms with Crippen molar-refractivity contribution in [1.29, 1.82) is 0 Å². The van der Waals surface area contributed by atoms with Gasteiger partial charge in [-0.2, -0.15) is 0 Å². The summed E-state index contributed by atoms with van der Waals surface area (Å²) in [4.78, 5) is 0. The molecular formula is C14H30N2O2S. The van der Waals surface area contributed by atoms with Crippen molar-refractivity contribution >= 4 is 10.0 Å². The quantitative estimate of drug-likeness (QED) is 0.707. The molecule has 1 rings (SSSR count). The van der Waals surface area contributed by atoms with Gasteiger partial charge in [0.1, 0.15) is 0 Å². The first-order valence-electron chi connectivity index (χ1n) is 7.45. The standard InChI is InChI=1S/C14H30N2O2S/c1-11(2)9-16(10-12(3)4)19(17,18)13(5)8-15-14-6-7-14/h11-15H,6-10H2,1-5H3. The van der Waals surface area contributed by atoms with Crippen molar-refractivity contribution in [1.82, 2.24) is 9.62 Å². The van der Waals surface area contributed by atoms with Gasteiger partial charge in [-0.15, -0.1) is 0 Å². The number of nitrogens with zero attached hydrogens (tertiary/aromatic N) is 1. The van der Waals surface area contributed by atoms with Gasteiger partial charge in [-0.1, -0.05) is 27.7 Å². The zero-order valence-electron chi connectivity index (χ0n) is 13.0. The Morgan fingerprint density at radius 1 is 1.05 bits per heavy atom. The van der Waals surface area contributed by atoms with Crippen molar-refractivity contribution in [2.45, 2.75) is 58.8 Å². The molecule has 0 aromatic rings. The minimum absolute atomic E-state index is 0.342. The lowest BCUT2D eigenvalue weighted by atomic mass is 10.2. The fourth-order valence-corrected chi connectivity index (χ4v) is 3.90. The van der Waals surface area contributed by atoms with Crippen LogP contribution in [-0.2, 0) is 10.0 Å². The molecule has 0 spiro atoms. The molecule has 0 aliphatic heterocycles. The molecule has 0 heterocycles. The van der Waals surface area contributed by atoms with Gasteiger partial charge in [-0.25, -0.2) is 12.7 Å². The highest BCUT2D eigenvalue weighted by Gasteiger charge is 2.31. The van der Waals surface area contributed by atoms with Crippen molar-refractivity contribution in [3.63, 3.8) is 0 Å². The predicted octanol–water partition coefficient (Wildman–Crippen LogP) is 2.07. The third-order valence-electron chi connectivity index (χ3n) is 3.28. The van der Waals surface area contributed by atoms with Crippen LogP contribution in [0.3, 0.4) is 0 Å². The van der Waals surface area contributed by atoms with E-state index in [9.17, 15) is 8.42 Å². The van der Waals surface area contributed by atoms with E-state index in [0.717, 1.165) is 0 Å². The maximum atomic E-state index is 12.6. The highest BCUT2D eigenvalue weighted by atomic mass is 32.2. The summed E-state index contributed by atoms with van der Waals surface area (Å²) in [5, 5.41) is 2.98. The fourth-order valence-electron chi connectivity index (χ4n) is 2.08. The van der Waals surface area contributed by atoms with E-state index < -0.39 is 10.0 Å². The van der Waals surface area contributed by atoms with Crippen molar-refractivity contribution in [3.05, 3.63) is 0 Å². The van der Waals surface area contributed by atoms with Gasteiger partial charge in [0, 0.05) is 25.7 Å². The van der Waals surface area contributed by atoms with Gasteiger partial charge < -0.3 is 5.32 Å². The summed E-state index contributed by atoms with van der Waals surface area (Å²) in [6, 6.07) is 0.557. The molecule has 0 aromatic heterocycles. The SMILES string of the molecule is CC(C)CN(CC(C)C)S(=O)(=O)C(C)CNC1CC1. The molecule has 0 aromatic carbocycles. The molecule has 0 bridgehead atoms. The van der Waals surface area contributed by atoms with E-state index in [4.69, 9.17) is 0 Å². The third-order valence-corrected chi connectivity index (χ3v) is 5.48. The lowest BCUT2D eigenvalue weighted by Gasteiger charge is -2.28. The first-order valence-corrected chi connectivity index (χ1v) is 8.96. The number of rotatable bonds is 9. The summed E-state index contributed by atoms with van der Waals surface area (Å²) >= 11 is 0. The van der Waals surface area contributed by atoms with Crippen LogP contribution in [0, 0.1) is 11.8 Å². The largest absolute Gasteiger partial charge is 0.313 e. The number of hydrogen-bond donors (Lipinski definition) is 1. The number of nitrogens with one attached hydrogen (secondary N) is 1. The molecule has 19 heavy (non-hydrogen) atoms. The molecule has 1 atom stereocenters. The molecule has 0 amide bonds. The van der Waals surface area contributed by atoms with E-state index in [1.807, 2.05) is 6.92 Å². The molecule has 4 nitrogen and oxygen atoms in total. The predicted molar refractivity (Wildman–Crippen MR) is 80.7 cm³/mol. The summed E-state index contributed by atoms with van der Waals surface area (Å²) in [7, 11) is -3.19.